The van der Waals surface area contributed by atoms with Gasteiger partial charge in [-0.2, -0.15) is 5.10 Å². The lowest BCUT2D eigenvalue weighted by molar-refractivity contribution is -0.144. The molecule has 0 bridgehead atoms. The van der Waals surface area contributed by atoms with Crippen LogP contribution < -0.4 is 0 Å². The molecule has 1 aromatic heterocycles. The molecule has 1 aliphatic heterocycles. The predicted molar refractivity (Wildman–Crippen MR) is 91.7 cm³/mol. The van der Waals surface area contributed by atoms with E-state index < -0.39 is 0 Å². The van der Waals surface area contributed by atoms with Crippen LogP contribution in [0.5, 0.6) is 0 Å². The molecule has 1 N–H and O–H groups in total. The summed E-state index contributed by atoms with van der Waals surface area (Å²) < 4.78 is 5.56. The minimum absolute atomic E-state index is 0.189. The number of ether oxygens (including phenoxy) is 1. The summed E-state index contributed by atoms with van der Waals surface area (Å²) in [6.45, 7) is 6.97. The monoisotopic (exact) mass is 334 g/mol. The van der Waals surface area contributed by atoms with Crippen LogP contribution in [-0.2, 0) is 9.53 Å². The number of aryl methyl sites for hydroxylation is 1. The minimum Gasteiger partial charge on any atom is -0.382 e. The standard InChI is InChI=1S/C18H30N4O2/c1-3-24-12-10-18(8-4-5-9-18)17(23)22-11-6-7-15(13-22)16-19-14(2)20-21-16/h15H,3-13H2,1-2H3,(H,19,20,21)/t15-/m1/s1. The summed E-state index contributed by atoms with van der Waals surface area (Å²) >= 11 is 0. The molecule has 6 heteroatoms. The van der Waals surface area contributed by atoms with E-state index in [0.29, 0.717) is 12.5 Å². The maximum absolute atomic E-state index is 13.3. The predicted octanol–water partition coefficient (Wildman–Crippen LogP) is 2.81. The van der Waals surface area contributed by atoms with Crippen LogP contribution in [0.1, 0.15) is 69.4 Å². The number of likely N-dealkylation sites (tertiary alicyclic amines) is 1. The topological polar surface area (TPSA) is 71.1 Å². The number of H-pyrrole nitrogens is 1. The molecule has 0 radical (unpaired) electrons. The average molecular weight is 334 g/mol. The Hall–Kier alpha value is -1.43. The largest absolute Gasteiger partial charge is 0.382 e. The van der Waals surface area contributed by atoms with E-state index in [1.165, 1.54) is 0 Å². The third-order valence-electron chi connectivity index (χ3n) is 5.63. The van der Waals surface area contributed by atoms with Gasteiger partial charge in [0.25, 0.3) is 0 Å². The Kier molecular flexibility index (Phi) is 5.54. The first-order chi connectivity index (χ1) is 11.6. The van der Waals surface area contributed by atoms with E-state index in [1.807, 2.05) is 13.8 Å². The van der Waals surface area contributed by atoms with Gasteiger partial charge in [0.1, 0.15) is 5.82 Å². The normalized spacial score (nSPS) is 23.6. The lowest BCUT2D eigenvalue weighted by atomic mass is 9.80. The maximum Gasteiger partial charge on any atom is 0.228 e. The summed E-state index contributed by atoms with van der Waals surface area (Å²) in [6.07, 6.45) is 7.31. The molecule has 2 fully saturated rings. The highest BCUT2D eigenvalue weighted by Gasteiger charge is 2.44. The first kappa shape index (κ1) is 17.4. The SMILES string of the molecule is CCOCCC1(C(=O)N2CCC[C@@H](c3n[nH]c(C)n3)C2)CCCC1. The van der Waals surface area contributed by atoms with Crippen molar-refractivity contribution in [2.24, 2.45) is 5.41 Å². The quantitative estimate of drug-likeness (QED) is 0.812. The van der Waals surface area contributed by atoms with Crippen LogP contribution in [-0.4, -0.2) is 52.3 Å². The second kappa shape index (κ2) is 7.64. The number of hydrogen-bond donors (Lipinski definition) is 1. The summed E-state index contributed by atoms with van der Waals surface area (Å²) in [5.74, 6) is 2.31. The summed E-state index contributed by atoms with van der Waals surface area (Å²) in [5, 5.41) is 7.24. The zero-order valence-corrected chi connectivity index (χ0v) is 15.0. The van der Waals surface area contributed by atoms with Gasteiger partial charge in [-0.1, -0.05) is 12.8 Å². The highest BCUT2D eigenvalue weighted by atomic mass is 16.5. The Morgan fingerprint density at radius 2 is 2.17 bits per heavy atom. The van der Waals surface area contributed by atoms with Gasteiger partial charge in [-0.15, -0.1) is 0 Å². The van der Waals surface area contributed by atoms with E-state index >= 15 is 0 Å². The number of piperidine rings is 1. The van der Waals surface area contributed by atoms with Crippen LogP contribution in [0, 0.1) is 12.3 Å². The number of rotatable bonds is 6. The number of nitrogens with zero attached hydrogens (tertiary/aromatic N) is 3. The molecule has 1 amide bonds. The molecule has 0 unspecified atom stereocenters. The average Bonchev–Trinajstić information content (AvgIpc) is 3.24. The number of hydrogen-bond acceptors (Lipinski definition) is 4. The van der Waals surface area contributed by atoms with Gasteiger partial charge in [-0.3, -0.25) is 9.89 Å². The number of aromatic nitrogens is 3. The third-order valence-corrected chi connectivity index (χ3v) is 5.63. The van der Waals surface area contributed by atoms with Crippen molar-refractivity contribution in [2.75, 3.05) is 26.3 Å². The van der Waals surface area contributed by atoms with Crippen LogP contribution in [0.15, 0.2) is 0 Å². The number of aromatic amines is 1. The highest BCUT2D eigenvalue weighted by Crippen LogP contribution is 2.43. The van der Waals surface area contributed by atoms with Gasteiger partial charge in [-0.25, -0.2) is 4.98 Å². The van der Waals surface area contributed by atoms with Crippen LogP contribution in [0.2, 0.25) is 0 Å². The second-order valence-electron chi connectivity index (χ2n) is 7.30. The molecule has 3 rings (SSSR count). The zero-order chi connectivity index (χ0) is 17.0. The molecule has 1 saturated heterocycles. The molecule has 2 heterocycles. The fourth-order valence-corrected chi connectivity index (χ4v) is 4.28. The van der Waals surface area contributed by atoms with E-state index in [2.05, 4.69) is 20.1 Å². The van der Waals surface area contributed by atoms with E-state index in [4.69, 9.17) is 4.74 Å². The molecule has 2 aliphatic rings. The van der Waals surface area contributed by atoms with Gasteiger partial charge in [-0.05, 0) is 46.0 Å². The molecule has 0 spiro atoms. The summed E-state index contributed by atoms with van der Waals surface area (Å²) in [6, 6.07) is 0. The molecule has 134 valence electrons. The number of nitrogens with one attached hydrogen (secondary N) is 1. The molecule has 1 atom stereocenters. The van der Waals surface area contributed by atoms with Crippen LogP contribution in [0.25, 0.3) is 0 Å². The van der Waals surface area contributed by atoms with Crippen molar-refractivity contribution in [3.05, 3.63) is 11.6 Å². The van der Waals surface area contributed by atoms with E-state index in [9.17, 15) is 4.79 Å². The van der Waals surface area contributed by atoms with Crippen LogP contribution >= 0.6 is 0 Å². The molecule has 1 aromatic rings. The van der Waals surface area contributed by atoms with E-state index in [-0.39, 0.29) is 11.3 Å². The van der Waals surface area contributed by atoms with Gasteiger partial charge in [0.05, 0.1) is 5.41 Å². The van der Waals surface area contributed by atoms with E-state index in [0.717, 1.165) is 76.3 Å². The Bertz CT molecular complexity index is 551. The molecule has 1 aliphatic carbocycles. The highest BCUT2D eigenvalue weighted by molar-refractivity contribution is 5.83. The van der Waals surface area contributed by atoms with Crippen molar-refractivity contribution < 1.29 is 9.53 Å². The first-order valence-corrected chi connectivity index (χ1v) is 9.40. The molecule has 24 heavy (non-hydrogen) atoms. The first-order valence-electron chi connectivity index (χ1n) is 9.40. The summed E-state index contributed by atoms with van der Waals surface area (Å²) in [4.78, 5) is 19.9. The van der Waals surface area contributed by atoms with Crippen molar-refractivity contribution in [2.45, 2.75) is 64.7 Å². The fraction of sp³-hybridized carbons (Fsp3) is 0.833. The smallest absolute Gasteiger partial charge is 0.228 e. The van der Waals surface area contributed by atoms with Gasteiger partial charge in [0.2, 0.25) is 5.91 Å². The maximum atomic E-state index is 13.3. The van der Waals surface area contributed by atoms with Crippen molar-refractivity contribution in [1.29, 1.82) is 0 Å². The Morgan fingerprint density at radius 1 is 1.38 bits per heavy atom. The molecular weight excluding hydrogens is 304 g/mol. The van der Waals surface area contributed by atoms with Gasteiger partial charge >= 0.3 is 0 Å². The Balaban J connectivity index is 1.68. The van der Waals surface area contributed by atoms with Crippen molar-refractivity contribution in [3.8, 4) is 0 Å². The van der Waals surface area contributed by atoms with Gasteiger partial charge in [0, 0.05) is 32.2 Å². The molecule has 0 aromatic carbocycles. The third kappa shape index (κ3) is 3.63. The molecular formula is C18H30N4O2. The van der Waals surface area contributed by atoms with Crippen LogP contribution in [0.3, 0.4) is 0 Å². The Morgan fingerprint density at radius 3 is 2.83 bits per heavy atom. The lowest BCUT2D eigenvalue weighted by Gasteiger charge is -2.38. The van der Waals surface area contributed by atoms with Crippen molar-refractivity contribution >= 4 is 5.91 Å². The fourth-order valence-electron chi connectivity index (χ4n) is 4.28. The number of amides is 1. The van der Waals surface area contributed by atoms with Crippen molar-refractivity contribution in [3.63, 3.8) is 0 Å². The minimum atomic E-state index is -0.189. The number of carbonyl (C=O) groups excluding carboxylic acids is 1. The zero-order valence-electron chi connectivity index (χ0n) is 15.0. The van der Waals surface area contributed by atoms with Crippen molar-refractivity contribution in [1.82, 2.24) is 20.1 Å². The molecule has 1 saturated carbocycles. The summed E-state index contributed by atoms with van der Waals surface area (Å²) in [7, 11) is 0. The molecule has 6 nitrogen and oxygen atoms in total. The van der Waals surface area contributed by atoms with Gasteiger partial charge in [0.15, 0.2) is 5.82 Å². The summed E-state index contributed by atoms with van der Waals surface area (Å²) in [5.41, 5.74) is -0.189. The second-order valence-corrected chi connectivity index (χ2v) is 7.30. The number of carbonyl (C=O) groups is 1. The lowest BCUT2D eigenvalue weighted by Crippen LogP contribution is -2.47. The van der Waals surface area contributed by atoms with E-state index in [1.54, 1.807) is 0 Å². The van der Waals surface area contributed by atoms with Crippen LogP contribution in [0.4, 0.5) is 0 Å². The Labute approximate surface area is 144 Å². The van der Waals surface area contributed by atoms with Gasteiger partial charge < -0.3 is 9.64 Å².